The first kappa shape index (κ1) is 13.6. The molecule has 0 amide bonds. The van der Waals surface area contributed by atoms with Gasteiger partial charge in [0, 0.05) is 48.2 Å². The molecule has 5 heteroatoms. The van der Waals surface area contributed by atoms with Gasteiger partial charge >= 0.3 is 0 Å². The monoisotopic (exact) mass is 334 g/mol. The summed E-state index contributed by atoms with van der Waals surface area (Å²) in [5.74, 6) is 0.719. The Morgan fingerprint density at radius 2 is 2.35 bits per heavy atom. The van der Waals surface area contributed by atoms with Gasteiger partial charge in [-0.15, -0.1) is 0 Å². The van der Waals surface area contributed by atoms with E-state index >= 15 is 0 Å². The van der Waals surface area contributed by atoms with Crippen molar-refractivity contribution in [1.82, 2.24) is 15.5 Å². The Hall–Kier alpha value is -1.33. The number of anilines is 1. The Morgan fingerprint density at radius 1 is 1.40 bits per heavy atom. The van der Waals surface area contributed by atoms with Crippen LogP contribution < -0.4 is 10.2 Å². The highest BCUT2D eigenvalue weighted by Crippen LogP contribution is 2.25. The van der Waals surface area contributed by atoms with E-state index in [1.165, 1.54) is 12.1 Å². The SMILES string of the molecule is Brc1cccc(N2CCC(CNCc3ccn[nH]3)C2)c1. The average Bonchev–Trinajstić information content (AvgIpc) is 3.10. The van der Waals surface area contributed by atoms with Crippen molar-refractivity contribution >= 4 is 21.6 Å². The molecule has 0 spiro atoms. The molecule has 2 aromatic rings. The van der Waals surface area contributed by atoms with Crippen molar-refractivity contribution in [2.24, 2.45) is 5.92 Å². The van der Waals surface area contributed by atoms with Crippen LogP contribution in [0.25, 0.3) is 0 Å². The Balaban J connectivity index is 1.47. The summed E-state index contributed by atoms with van der Waals surface area (Å²) < 4.78 is 1.15. The first-order valence-electron chi connectivity index (χ1n) is 7.01. The fraction of sp³-hybridized carbons (Fsp3) is 0.400. The van der Waals surface area contributed by atoms with Gasteiger partial charge in [-0.2, -0.15) is 5.10 Å². The van der Waals surface area contributed by atoms with Gasteiger partial charge in [-0.1, -0.05) is 22.0 Å². The van der Waals surface area contributed by atoms with Gasteiger partial charge in [0.1, 0.15) is 0 Å². The predicted octanol–water partition coefficient (Wildman–Crippen LogP) is 2.79. The van der Waals surface area contributed by atoms with E-state index in [9.17, 15) is 0 Å². The van der Waals surface area contributed by atoms with E-state index in [4.69, 9.17) is 0 Å². The maximum atomic E-state index is 3.95. The summed E-state index contributed by atoms with van der Waals surface area (Å²) >= 11 is 3.54. The number of H-pyrrole nitrogens is 1. The average molecular weight is 335 g/mol. The molecular weight excluding hydrogens is 316 g/mol. The van der Waals surface area contributed by atoms with Crippen LogP contribution in [0.5, 0.6) is 0 Å². The fourth-order valence-electron chi connectivity index (χ4n) is 2.70. The molecule has 1 aliphatic rings. The van der Waals surface area contributed by atoms with Crippen LogP contribution in [0, 0.1) is 5.92 Å². The minimum absolute atomic E-state index is 0.719. The van der Waals surface area contributed by atoms with Crippen molar-refractivity contribution in [2.45, 2.75) is 13.0 Å². The van der Waals surface area contributed by atoms with Gasteiger partial charge in [0.15, 0.2) is 0 Å². The summed E-state index contributed by atoms with van der Waals surface area (Å²) in [4.78, 5) is 2.47. The van der Waals surface area contributed by atoms with Crippen LogP contribution in [-0.4, -0.2) is 29.8 Å². The van der Waals surface area contributed by atoms with E-state index in [0.717, 1.165) is 42.3 Å². The van der Waals surface area contributed by atoms with E-state index < -0.39 is 0 Å². The lowest BCUT2D eigenvalue weighted by Gasteiger charge is -2.19. The molecule has 1 unspecified atom stereocenters. The summed E-state index contributed by atoms with van der Waals surface area (Å²) in [7, 11) is 0. The molecule has 106 valence electrons. The Kier molecular flexibility index (Phi) is 4.38. The van der Waals surface area contributed by atoms with Crippen molar-refractivity contribution < 1.29 is 0 Å². The van der Waals surface area contributed by atoms with E-state index in [0.29, 0.717) is 0 Å². The lowest BCUT2D eigenvalue weighted by atomic mass is 10.1. The standard InChI is InChI=1S/C15H19BrN4/c16-13-2-1-3-15(8-13)20-7-5-12(11-20)9-17-10-14-4-6-18-19-14/h1-4,6,8,12,17H,5,7,9-11H2,(H,18,19). The number of hydrogen-bond donors (Lipinski definition) is 2. The van der Waals surface area contributed by atoms with E-state index in [-0.39, 0.29) is 0 Å². The molecule has 0 bridgehead atoms. The summed E-state index contributed by atoms with van der Waals surface area (Å²) in [6, 6.07) is 10.6. The molecule has 1 aromatic heterocycles. The van der Waals surface area contributed by atoms with Crippen LogP contribution in [0.3, 0.4) is 0 Å². The molecule has 1 aromatic carbocycles. The number of nitrogens with zero attached hydrogens (tertiary/aromatic N) is 2. The third-order valence-corrected chi connectivity index (χ3v) is 4.26. The zero-order chi connectivity index (χ0) is 13.8. The number of benzene rings is 1. The van der Waals surface area contributed by atoms with Crippen LogP contribution in [0.1, 0.15) is 12.1 Å². The van der Waals surface area contributed by atoms with E-state index in [1.807, 2.05) is 6.07 Å². The minimum Gasteiger partial charge on any atom is -0.371 e. The van der Waals surface area contributed by atoms with E-state index in [2.05, 4.69) is 60.6 Å². The topological polar surface area (TPSA) is 44.0 Å². The molecule has 4 nitrogen and oxygen atoms in total. The van der Waals surface area contributed by atoms with E-state index in [1.54, 1.807) is 6.20 Å². The van der Waals surface area contributed by atoms with Crippen molar-refractivity contribution in [2.75, 3.05) is 24.5 Å². The Labute approximate surface area is 127 Å². The number of halogens is 1. The van der Waals surface area contributed by atoms with Crippen LogP contribution in [0.15, 0.2) is 41.0 Å². The van der Waals surface area contributed by atoms with Gasteiger partial charge in [0.05, 0.1) is 0 Å². The first-order valence-corrected chi connectivity index (χ1v) is 7.80. The second-order valence-electron chi connectivity index (χ2n) is 5.29. The number of hydrogen-bond acceptors (Lipinski definition) is 3. The molecule has 0 radical (unpaired) electrons. The van der Waals surface area contributed by atoms with Crippen molar-refractivity contribution in [3.8, 4) is 0 Å². The summed E-state index contributed by atoms with van der Waals surface area (Å²) in [6.07, 6.45) is 3.05. The zero-order valence-electron chi connectivity index (χ0n) is 11.3. The lowest BCUT2D eigenvalue weighted by Crippen LogP contribution is -2.26. The van der Waals surface area contributed by atoms with Gasteiger partial charge in [-0.25, -0.2) is 0 Å². The number of nitrogens with one attached hydrogen (secondary N) is 2. The second-order valence-corrected chi connectivity index (χ2v) is 6.21. The molecule has 2 heterocycles. The highest BCUT2D eigenvalue weighted by Gasteiger charge is 2.22. The quantitative estimate of drug-likeness (QED) is 0.883. The smallest absolute Gasteiger partial charge is 0.0490 e. The molecule has 2 N–H and O–H groups in total. The molecule has 1 saturated heterocycles. The minimum atomic E-state index is 0.719. The fourth-order valence-corrected chi connectivity index (χ4v) is 3.09. The third-order valence-electron chi connectivity index (χ3n) is 3.77. The Bertz CT molecular complexity index is 541. The number of aromatic amines is 1. The molecule has 0 saturated carbocycles. The molecule has 1 atom stereocenters. The van der Waals surface area contributed by atoms with Gasteiger partial charge in [0.2, 0.25) is 0 Å². The van der Waals surface area contributed by atoms with Gasteiger partial charge in [-0.3, -0.25) is 5.10 Å². The van der Waals surface area contributed by atoms with Gasteiger partial charge in [-0.05, 0) is 36.6 Å². The highest BCUT2D eigenvalue weighted by atomic mass is 79.9. The zero-order valence-corrected chi connectivity index (χ0v) is 12.9. The molecule has 3 rings (SSSR count). The van der Waals surface area contributed by atoms with Crippen LogP contribution in [-0.2, 0) is 6.54 Å². The van der Waals surface area contributed by atoms with Crippen LogP contribution in [0.4, 0.5) is 5.69 Å². The summed E-state index contributed by atoms with van der Waals surface area (Å²) in [6.45, 7) is 4.20. The molecule has 1 fully saturated rings. The van der Waals surface area contributed by atoms with Gasteiger partial charge < -0.3 is 10.2 Å². The number of rotatable bonds is 5. The first-order chi connectivity index (χ1) is 9.81. The van der Waals surface area contributed by atoms with Crippen LogP contribution >= 0.6 is 15.9 Å². The van der Waals surface area contributed by atoms with Crippen molar-refractivity contribution in [1.29, 1.82) is 0 Å². The van der Waals surface area contributed by atoms with Crippen LogP contribution in [0.2, 0.25) is 0 Å². The largest absolute Gasteiger partial charge is 0.371 e. The van der Waals surface area contributed by atoms with Crippen molar-refractivity contribution in [3.63, 3.8) is 0 Å². The summed E-state index contributed by atoms with van der Waals surface area (Å²) in [5.41, 5.74) is 2.46. The Morgan fingerprint density at radius 3 is 3.15 bits per heavy atom. The molecule has 0 aliphatic carbocycles. The highest BCUT2D eigenvalue weighted by molar-refractivity contribution is 9.10. The maximum Gasteiger partial charge on any atom is 0.0490 e. The van der Waals surface area contributed by atoms with Gasteiger partial charge in [0.25, 0.3) is 0 Å². The molecular formula is C15H19BrN4. The third kappa shape index (κ3) is 3.41. The predicted molar refractivity (Wildman–Crippen MR) is 84.8 cm³/mol. The molecule has 20 heavy (non-hydrogen) atoms. The molecule has 1 aliphatic heterocycles. The van der Waals surface area contributed by atoms with Crippen molar-refractivity contribution in [3.05, 3.63) is 46.7 Å². The number of aromatic nitrogens is 2. The maximum absolute atomic E-state index is 3.95. The normalized spacial score (nSPS) is 18.6. The second kappa shape index (κ2) is 6.41. The summed E-state index contributed by atoms with van der Waals surface area (Å²) in [5, 5.41) is 10.4. The lowest BCUT2D eigenvalue weighted by molar-refractivity contribution is 0.513.